The minimum atomic E-state index is -3.61. The van der Waals surface area contributed by atoms with Crippen LogP contribution in [-0.2, 0) is 16.6 Å². The molecule has 8 heteroatoms. The predicted octanol–water partition coefficient (Wildman–Crippen LogP) is 2.71. The Bertz CT molecular complexity index is 672. The first-order valence-electron chi connectivity index (χ1n) is 5.93. The van der Waals surface area contributed by atoms with Gasteiger partial charge in [0.1, 0.15) is 10.7 Å². The minimum absolute atomic E-state index is 0.0550. The molecule has 0 aromatic carbocycles. The fourth-order valence-corrected chi connectivity index (χ4v) is 3.47. The lowest BCUT2D eigenvalue weighted by atomic mass is 10.4. The molecule has 108 valence electrons. The van der Waals surface area contributed by atoms with Gasteiger partial charge in [-0.2, -0.15) is 11.3 Å². The molecule has 0 aliphatic heterocycles. The Morgan fingerprint density at radius 2 is 2.25 bits per heavy atom. The molecule has 0 spiro atoms. The van der Waals surface area contributed by atoms with Crippen LogP contribution in [0, 0.1) is 0 Å². The highest BCUT2D eigenvalue weighted by Crippen LogP contribution is 2.22. The summed E-state index contributed by atoms with van der Waals surface area (Å²) in [7, 11) is -3.61. The largest absolute Gasteiger partial charge is 0.369 e. The van der Waals surface area contributed by atoms with E-state index in [1.807, 2.05) is 23.8 Å². The molecule has 2 aromatic rings. The number of nitrogens with one attached hydrogen (secondary N) is 2. The molecule has 2 rings (SSSR count). The van der Waals surface area contributed by atoms with Crippen molar-refractivity contribution in [2.45, 2.75) is 18.4 Å². The Morgan fingerprint density at radius 3 is 2.85 bits per heavy atom. The number of aromatic nitrogens is 1. The van der Waals surface area contributed by atoms with Crippen molar-refractivity contribution in [2.24, 2.45) is 0 Å². The highest BCUT2D eigenvalue weighted by molar-refractivity contribution is 7.89. The van der Waals surface area contributed by atoms with Crippen LogP contribution in [0.2, 0.25) is 5.02 Å². The average Bonchev–Trinajstić information content (AvgIpc) is 2.92. The van der Waals surface area contributed by atoms with Gasteiger partial charge in [-0.25, -0.2) is 18.1 Å². The first-order chi connectivity index (χ1) is 9.53. The van der Waals surface area contributed by atoms with E-state index in [9.17, 15) is 8.42 Å². The van der Waals surface area contributed by atoms with Crippen molar-refractivity contribution < 1.29 is 8.42 Å². The van der Waals surface area contributed by atoms with Crippen LogP contribution in [-0.4, -0.2) is 19.9 Å². The standard InChI is InChI=1S/C12H14ClN3O2S2/c1-2-14-12-11(13)5-10(7-15-12)20(17,18)16-6-9-3-4-19-8-9/h3-5,7-8,16H,2,6H2,1H3,(H,14,15). The predicted molar refractivity (Wildman–Crippen MR) is 81.8 cm³/mol. The fourth-order valence-electron chi connectivity index (χ4n) is 1.52. The molecule has 0 unspecified atom stereocenters. The second-order valence-corrected chi connectivity index (χ2v) is 6.94. The second kappa shape index (κ2) is 6.53. The molecule has 0 amide bonds. The van der Waals surface area contributed by atoms with E-state index in [2.05, 4.69) is 15.0 Å². The molecule has 0 radical (unpaired) electrons. The lowest BCUT2D eigenvalue weighted by Crippen LogP contribution is -2.23. The van der Waals surface area contributed by atoms with E-state index in [0.29, 0.717) is 12.4 Å². The molecular weight excluding hydrogens is 318 g/mol. The second-order valence-electron chi connectivity index (χ2n) is 3.99. The van der Waals surface area contributed by atoms with Gasteiger partial charge in [-0.15, -0.1) is 0 Å². The van der Waals surface area contributed by atoms with Gasteiger partial charge >= 0.3 is 0 Å². The Morgan fingerprint density at radius 1 is 1.45 bits per heavy atom. The van der Waals surface area contributed by atoms with Crippen LogP contribution in [0.1, 0.15) is 12.5 Å². The van der Waals surface area contributed by atoms with Crippen molar-refractivity contribution in [3.05, 3.63) is 39.7 Å². The zero-order chi connectivity index (χ0) is 14.6. The van der Waals surface area contributed by atoms with Crippen LogP contribution >= 0.6 is 22.9 Å². The number of nitrogens with zero attached hydrogens (tertiary/aromatic N) is 1. The van der Waals surface area contributed by atoms with Crippen molar-refractivity contribution in [2.75, 3.05) is 11.9 Å². The van der Waals surface area contributed by atoms with Gasteiger partial charge in [0, 0.05) is 19.3 Å². The number of rotatable bonds is 6. The maximum absolute atomic E-state index is 12.1. The van der Waals surface area contributed by atoms with Gasteiger partial charge in [0.25, 0.3) is 0 Å². The van der Waals surface area contributed by atoms with Gasteiger partial charge in [0.2, 0.25) is 10.0 Å². The topological polar surface area (TPSA) is 71.1 Å². The van der Waals surface area contributed by atoms with E-state index in [0.717, 1.165) is 5.56 Å². The van der Waals surface area contributed by atoms with Crippen LogP contribution in [0.5, 0.6) is 0 Å². The number of halogens is 1. The van der Waals surface area contributed by atoms with E-state index in [4.69, 9.17) is 11.6 Å². The van der Waals surface area contributed by atoms with Gasteiger partial charge < -0.3 is 5.32 Å². The summed E-state index contributed by atoms with van der Waals surface area (Å²) in [5.74, 6) is 0.478. The average molecular weight is 332 g/mol. The molecule has 0 bridgehead atoms. The van der Waals surface area contributed by atoms with Crippen molar-refractivity contribution >= 4 is 38.8 Å². The molecule has 2 N–H and O–H groups in total. The summed E-state index contributed by atoms with van der Waals surface area (Å²) in [4.78, 5) is 4.07. The molecule has 2 heterocycles. The smallest absolute Gasteiger partial charge is 0.242 e. The Labute approximate surface area is 127 Å². The molecule has 0 aliphatic rings. The normalized spacial score (nSPS) is 11.5. The zero-order valence-corrected chi connectivity index (χ0v) is 13.1. The Hall–Kier alpha value is -1.15. The number of hydrogen-bond donors (Lipinski definition) is 2. The van der Waals surface area contributed by atoms with E-state index in [1.54, 1.807) is 0 Å². The van der Waals surface area contributed by atoms with Gasteiger partial charge in [-0.3, -0.25) is 0 Å². The molecular formula is C12H14ClN3O2S2. The van der Waals surface area contributed by atoms with Crippen LogP contribution in [0.15, 0.2) is 34.0 Å². The summed E-state index contributed by atoms with van der Waals surface area (Å²) in [6, 6.07) is 3.26. The van der Waals surface area contributed by atoms with Gasteiger partial charge in [-0.1, -0.05) is 11.6 Å². The quantitative estimate of drug-likeness (QED) is 0.853. The molecule has 0 atom stereocenters. The van der Waals surface area contributed by atoms with Crippen LogP contribution < -0.4 is 10.0 Å². The lowest BCUT2D eigenvalue weighted by molar-refractivity contribution is 0.581. The van der Waals surface area contributed by atoms with Crippen molar-refractivity contribution in [3.63, 3.8) is 0 Å². The third kappa shape index (κ3) is 3.69. The summed E-state index contributed by atoms with van der Waals surface area (Å²) < 4.78 is 26.8. The molecule has 20 heavy (non-hydrogen) atoms. The third-order valence-electron chi connectivity index (χ3n) is 2.52. The highest BCUT2D eigenvalue weighted by atomic mass is 35.5. The number of sulfonamides is 1. The third-order valence-corrected chi connectivity index (χ3v) is 4.91. The Balaban J connectivity index is 2.14. The van der Waals surface area contributed by atoms with Gasteiger partial charge in [0.05, 0.1) is 5.02 Å². The molecule has 0 fully saturated rings. The fraction of sp³-hybridized carbons (Fsp3) is 0.250. The molecule has 2 aromatic heterocycles. The molecule has 0 saturated carbocycles. The van der Waals surface area contributed by atoms with E-state index >= 15 is 0 Å². The number of hydrogen-bond acceptors (Lipinski definition) is 5. The van der Waals surface area contributed by atoms with Crippen LogP contribution in [0.3, 0.4) is 0 Å². The lowest BCUT2D eigenvalue weighted by Gasteiger charge is -2.08. The summed E-state index contributed by atoms with van der Waals surface area (Å²) in [5.41, 5.74) is 0.918. The monoisotopic (exact) mass is 331 g/mol. The molecule has 0 aliphatic carbocycles. The molecule has 5 nitrogen and oxygen atoms in total. The maximum atomic E-state index is 12.1. The van der Waals surface area contributed by atoms with E-state index in [1.165, 1.54) is 23.6 Å². The SMILES string of the molecule is CCNc1ncc(S(=O)(=O)NCc2ccsc2)cc1Cl. The van der Waals surface area contributed by atoms with Gasteiger partial charge in [-0.05, 0) is 35.4 Å². The molecule has 0 saturated heterocycles. The highest BCUT2D eigenvalue weighted by Gasteiger charge is 2.16. The van der Waals surface area contributed by atoms with Gasteiger partial charge in [0.15, 0.2) is 0 Å². The van der Waals surface area contributed by atoms with E-state index in [-0.39, 0.29) is 16.5 Å². The van der Waals surface area contributed by atoms with Crippen LogP contribution in [0.4, 0.5) is 5.82 Å². The van der Waals surface area contributed by atoms with Crippen molar-refractivity contribution in [1.29, 1.82) is 0 Å². The number of anilines is 1. The number of thiophene rings is 1. The summed E-state index contributed by atoms with van der Waals surface area (Å²) in [6.45, 7) is 2.82. The maximum Gasteiger partial charge on any atom is 0.242 e. The first-order valence-corrected chi connectivity index (χ1v) is 8.73. The Kier molecular flexibility index (Phi) is 4.98. The summed E-state index contributed by atoms with van der Waals surface area (Å²) in [6.07, 6.45) is 1.29. The first kappa shape index (κ1) is 15.2. The van der Waals surface area contributed by atoms with Crippen LogP contribution in [0.25, 0.3) is 0 Å². The number of pyridine rings is 1. The zero-order valence-electron chi connectivity index (χ0n) is 10.8. The van der Waals surface area contributed by atoms with Crippen molar-refractivity contribution in [3.8, 4) is 0 Å². The van der Waals surface area contributed by atoms with E-state index < -0.39 is 10.0 Å². The summed E-state index contributed by atoms with van der Waals surface area (Å²) >= 11 is 7.52. The summed E-state index contributed by atoms with van der Waals surface area (Å²) in [5, 5.41) is 7.02. The minimum Gasteiger partial charge on any atom is -0.369 e. The van der Waals surface area contributed by atoms with Crippen molar-refractivity contribution in [1.82, 2.24) is 9.71 Å².